The van der Waals surface area contributed by atoms with Gasteiger partial charge in [-0.25, -0.2) is 4.79 Å². The van der Waals surface area contributed by atoms with E-state index in [2.05, 4.69) is 4.90 Å². The summed E-state index contributed by atoms with van der Waals surface area (Å²) in [5.74, 6) is 0.169. The summed E-state index contributed by atoms with van der Waals surface area (Å²) in [5.41, 5.74) is 2.57. The minimum atomic E-state index is -0.996. The number of aromatic nitrogens is 1. The van der Waals surface area contributed by atoms with Crippen molar-refractivity contribution in [1.82, 2.24) is 4.57 Å². The summed E-state index contributed by atoms with van der Waals surface area (Å²) < 4.78 is 18.8. The molecule has 0 amide bonds. The average molecular weight is 422 g/mol. The normalized spacial score (nSPS) is 13.1. The zero-order valence-corrected chi connectivity index (χ0v) is 17.5. The smallest absolute Gasteiger partial charge is 0.337 e. The number of carbonyl (C=O) groups is 1. The van der Waals surface area contributed by atoms with Gasteiger partial charge >= 0.3 is 5.97 Å². The summed E-state index contributed by atoms with van der Waals surface area (Å²) in [6.07, 6.45) is 4.76. The Bertz CT molecular complexity index is 1030. The van der Waals surface area contributed by atoms with Gasteiger partial charge in [-0.1, -0.05) is 12.1 Å². The first-order valence-electron chi connectivity index (χ1n) is 10.3. The van der Waals surface area contributed by atoms with E-state index in [1.54, 1.807) is 17.7 Å². The third-order valence-corrected chi connectivity index (χ3v) is 5.22. The van der Waals surface area contributed by atoms with Crippen molar-refractivity contribution in [3.63, 3.8) is 0 Å². The molecular formula is C24H26N2O5. The Morgan fingerprint density at radius 1 is 1.06 bits per heavy atom. The summed E-state index contributed by atoms with van der Waals surface area (Å²) >= 11 is 0. The Morgan fingerprint density at radius 2 is 1.87 bits per heavy atom. The monoisotopic (exact) mass is 422 g/mol. The molecule has 1 aromatic heterocycles. The van der Waals surface area contributed by atoms with Gasteiger partial charge < -0.3 is 28.8 Å². The van der Waals surface area contributed by atoms with Crippen LogP contribution in [0.1, 0.15) is 22.3 Å². The number of hydrogen-bond acceptors (Lipinski definition) is 5. The molecule has 1 N–H and O–H groups in total. The van der Waals surface area contributed by atoms with Gasteiger partial charge in [0.25, 0.3) is 0 Å². The maximum atomic E-state index is 12.0. The van der Waals surface area contributed by atoms with Gasteiger partial charge in [-0.05, 0) is 48.4 Å². The number of hydrogen-bond donors (Lipinski definition) is 1. The van der Waals surface area contributed by atoms with Crippen molar-refractivity contribution in [2.24, 2.45) is 0 Å². The highest BCUT2D eigenvalue weighted by Crippen LogP contribution is 2.41. The fourth-order valence-corrected chi connectivity index (χ4v) is 3.53. The van der Waals surface area contributed by atoms with E-state index in [9.17, 15) is 9.90 Å². The number of ether oxygens (including phenoxy) is 3. The molecule has 4 rings (SSSR count). The molecule has 0 unspecified atom stereocenters. The Kier molecular flexibility index (Phi) is 6.54. The minimum absolute atomic E-state index is 0.189. The number of aromatic carboxylic acids is 1. The molecule has 0 bridgehead atoms. The second kappa shape index (κ2) is 9.68. The molecule has 1 fully saturated rings. The van der Waals surface area contributed by atoms with Crippen LogP contribution >= 0.6 is 0 Å². The topological polar surface area (TPSA) is 73.2 Å². The standard InChI is InChI=1S/C24H26N2O5/c1-29-14-15-30-17-18-6-4-7-19(16-18)31-23-21(25-12-5-13-25)9-8-20(24(27)28)22(23)26-10-2-3-11-26/h2-4,6-11,16H,5,12-15,17H2,1H3,(H,27,28). The van der Waals surface area contributed by atoms with Crippen LogP contribution in [0.25, 0.3) is 5.69 Å². The maximum Gasteiger partial charge on any atom is 0.337 e. The number of anilines is 1. The Labute approximate surface area is 181 Å². The molecule has 0 spiro atoms. The fourth-order valence-electron chi connectivity index (χ4n) is 3.53. The largest absolute Gasteiger partial charge is 0.478 e. The summed E-state index contributed by atoms with van der Waals surface area (Å²) in [6, 6.07) is 14.9. The Hall–Kier alpha value is -3.29. The molecule has 2 heterocycles. The predicted octanol–water partition coefficient (Wildman–Crippen LogP) is 4.34. The van der Waals surface area contributed by atoms with Crippen LogP contribution in [-0.4, -0.2) is 49.1 Å². The van der Waals surface area contributed by atoms with Crippen molar-refractivity contribution >= 4 is 11.7 Å². The second-order valence-corrected chi connectivity index (χ2v) is 7.34. The molecule has 0 atom stereocenters. The second-order valence-electron chi connectivity index (χ2n) is 7.34. The minimum Gasteiger partial charge on any atom is -0.478 e. The molecule has 0 radical (unpaired) electrons. The third kappa shape index (κ3) is 4.73. The van der Waals surface area contributed by atoms with E-state index in [1.165, 1.54) is 0 Å². The number of rotatable bonds is 10. The molecule has 1 aliphatic heterocycles. The third-order valence-electron chi connectivity index (χ3n) is 5.22. The van der Waals surface area contributed by atoms with Crippen LogP contribution in [0.15, 0.2) is 60.9 Å². The number of carboxylic acids is 1. The first-order chi connectivity index (χ1) is 15.2. The number of nitrogens with zero attached hydrogens (tertiary/aromatic N) is 2. The van der Waals surface area contributed by atoms with Crippen molar-refractivity contribution in [2.75, 3.05) is 38.3 Å². The van der Waals surface area contributed by atoms with Gasteiger partial charge in [-0.3, -0.25) is 0 Å². The van der Waals surface area contributed by atoms with Crippen molar-refractivity contribution in [2.45, 2.75) is 13.0 Å². The maximum absolute atomic E-state index is 12.0. The van der Waals surface area contributed by atoms with E-state index in [0.717, 1.165) is 30.8 Å². The average Bonchev–Trinajstić information content (AvgIpc) is 3.25. The van der Waals surface area contributed by atoms with Crippen LogP contribution < -0.4 is 9.64 Å². The lowest BCUT2D eigenvalue weighted by Gasteiger charge is -2.35. The van der Waals surface area contributed by atoms with Gasteiger partial charge in [0, 0.05) is 32.6 Å². The van der Waals surface area contributed by atoms with Gasteiger partial charge in [0.15, 0.2) is 5.75 Å². The van der Waals surface area contributed by atoms with Crippen LogP contribution in [0, 0.1) is 0 Å². The van der Waals surface area contributed by atoms with Crippen LogP contribution in [-0.2, 0) is 16.1 Å². The zero-order valence-electron chi connectivity index (χ0n) is 17.5. The molecule has 7 nitrogen and oxygen atoms in total. The van der Waals surface area contributed by atoms with Crippen molar-refractivity contribution < 1.29 is 24.1 Å². The SMILES string of the molecule is COCCOCc1cccc(Oc2c(N3CCC3)ccc(C(=O)O)c2-n2cccc2)c1. The van der Waals surface area contributed by atoms with E-state index in [0.29, 0.717) is 37.0 Å². The van der Waals surface area contributed by atoms with Crippen LogP contribution in [0.3, 0.4) is 0 Å². The van der Waals surface area contributed by atoms with Gasteiger partial charge in [0.2, 0.25) is 0 Å². The van der Waals surface area contributed by atoms with Gasteiger partial charge in [0.1, 0.15) is 11.4 Å². The summed E-state index contributed by atoms with van der Waals surface area (Å²) in [5, 5.41) is 9.83. The molecule has 7 heteroatoms. The van der Waals surface area contributed by atoms with E-state index < -0.39 is 5.97 Å². The fraction of sp³-hybridized carbons (Fsp3) is 0.292. The molecule has 2 aromatic carbocycles. The summed E-state index contributed by atoms with van der Waals surface area (Å²) in [4.78, 5) is 14.2. The summed E-state index contributed by atoms with van der Waals surface area (Å²) in [6.45, 7) is 3.33. The van der Waals surface area contributed by atoms with E-state index >= 15 is 0 Å². The van der Waals surface area contributed by atoms with Crippen molar-refractivity contribution in [3.05, 3.63) is 72.1 Å². The molecule has 1 aliphatic rings. The molecule has 31 heavy (non-hydrogen) atoms. The molecule has 0 saturated carbocycles. The van der Waals surface area contributed by atoms with E-state index in [-0.39, 0.29) is 5.56 Å². The van der Waals surface area contributed by atoms with Crippen molar-refractivity contribution in [1.29, 1.82) is 0 Å². The lowest BCUT2D eigenvalue weighted by molar-refractivity contribution is 0.0616. The van der Waals surface area contributed by atoms with E-state index in [4.69, 9.17) is 14.2 Å². The van der Waals surface area contributed by atoms with Crippen molar-refractivity contribution in [3.8, 4) is 17.2 Å². The van der Waals surface area contributed by atoms with Gasteiger partial charge in [0.05, 0.1) is 31.1 Å². The lowest BCUT2D eigenvalue weighted by Crippen LogP contribution is -2.37. The highest BCUT2D eigenvalue weighted by atomic mass is 16.5. The Morgan fingerprint density at radius 3 is 2.55 bits per heavy atom. The van der Waals surface area contributed by atoms with Gasteiger partial charge in [-0.2, -0.15) is 0 Å². The van der Waals surface area contributed by atoms with Gasteiger partial charge in [-0.15, -0.1) is 0 Å². The highest BCUT2D eigenvalue weighted by Gasteiger charge is 2.26. The Balaban J connectivity index is 1.71. The quantitative estimate of drug-likeness (QED) is 0.490. The molecular weight excluding hydrogens is 396 g/mol. The van der Waals surface area contributed by atoms with Crippen LogP contribution in [0.2, 0.25) is 0 Å². The first-order valence-corrected chi connectivity index (χ1v) is 10.3. The number of carboxylic acid groups (broad SMARTS) is 1. The molecule has 162 valence electrons. The number of benzene rings is 2. The lowest BCUT2D eigenvalue weighted by atomic mass is 10.1. The molecule has 1 saturated heterocycles. The molecule has 3 aromatic rings. The summed E-state index contributed by atoms with van der Waals surface area (Å²) in [7, 11) is 1.64. The first kappa shape index (κ1) is 21.0. The highest BCUT2D eigenvalue weighted by molar-refractivity contribution is 5.95. The van der Waals surface area contributed by atoms with E-state index in [1.807, 2.05) is 54.9 Å². The molecule has 0 aliphatic carbocycles. The van der Waals surface area contributed by atoms with Crippen LogP contribution in [0.5, 0.6) is 11.5 Å². The van der Waals surface area contributed by atoms with Crippen LogP contribution in [0.4, 0.5) is 5.69 Å². The predicted molar refractivity (Wildman–Crippen MR) is 118 cm³/mol. The number of methoxy groups -OCH3 is 1. The zero-order chi connectivity index (χ0) is 21.6.